The summed E-state index contributed by atoms with van der Waals surface area (Å²) in [4.78, 5) is 0. The van der Waals surface area contributed by atoms with Crippen LogP contribution in [0.15, 0.2) is 12.1 Å². The molecule has 0 unspecified atom stereocenters. The molecule has 0 aliphatic rings. The van der Waals surface area contributed by atoms with Gasteiger partial charge in [0.1, 0.15) is 5.82 Å². The van der Waals surface area contributed by atoms with Crippen LogP contribution < -0.4 is 5.32 Å². The van der Waals surface area contributed by atoms with Crippen LogP contribution in [0.4, 0.5) is 5.82 Å². The van der Waals surface area contributed by atoms with Crippen LogP contribution in [0.25, 0.3) is 5.65 Å². The van der Waals surface area contributed by atoms with Gasteiger partial charge in [-0.2, -0.15) is 0 Å². The Morgan fingerprint density at radius 1 is 1.39 bits per heavy atom. The molecule has 0 aromatic carbocycles. The fraction of sp³-hybridized carbons (Fsp3) is 0.636. The third kappa shape index (κ3) is 3.29. The number of tetrazole rings is 1. The molecule has 2 heterocycles. The summed E-state index contributed by atoms with van der Waals surface area (Å²) in [6, 6.07) is 3.71. The molecule has 0 radical (unpaired) electrons. The van der Waals surface area contributed by atoms with Gasteiger partial charge in [0.2, 0.25) is 0 Å². The van der Waals surface area contributed by atoms with Crippen molar-refractivity contribution >= 4 is 23.1 Å². The monoisotopic (exact) mass is 268 g/mol. The average Bonchev–Trinajstić information content (AvgIpc) is 2.81. The number of alkyl halides is 1. The summed E-state index contributed by atoms with van der Waals surface area (Å²) in [6.07, 6.45) is 2.10. The second kappa shape index (κ2) is 5.48. The standard InChI is InChI=1S/C11H17ClN6/c1-11(2,6-3-7-12)8-13-9-4-5-10-14-16-17-18(10)15-9/h4-5H,3,6-8H2,1-2H3,(H,13,15). The summed E-state index contributed by atoms with van der Waals surface area (Å²) in [6.45, 7) is 5.26. The number of anilines is 1. The van der Waals surface area contributed by atoms with E-state index >= 15 is 0 Å². The van der Waals surface area contributed by atoms with Crippen LogP contribution in [0.3, 0.4) is 0 Å². The summed E-state index contributed by atoms with van der Waals surface area (Å²) in [5.41, 5.74) is 0.827. The van der Waals surface area contributed by atoms with E-state index in [0.29, 0.717) is 11.5 Å². The molecule has 2 rings (SSSR count). The molecule has 6 nitrogen and oxygen atoms in total. The minimum absolute atomic E-state index is 0.187. The topological polar surface area (TPSA) is 68.0 Å². The van der Waals surface area contributed by atoms with Gasteiger partial charge >= 0.3 is 0 Å². The van der Waals surface area contributed by atoms with Gasteiger partial charge in [0.25, 0.3) is 0 Å². The Morgan fingerprint density at radius 2 is 2.22 bits per heavy atom. The van der Waals surface area contributed by atoms with Crippen LogP contribution in [0.2, 0.25) is 0 Å². The normalized spacial score (nSPS) is 11.9. The van der Waals surface area contributed by atoms with Crippen LogP contribution >= 0.6 is 11.6 Å². The summed E-state index contributed by atoms with van der Waals surface area (Å²) in [7, 11) is 0. The van der Waals surface area contributed by atoms with Crippen molar-refractivity contribution in [2.45, 2.75) is 26.7 Å². The van der Waals surface area contributed by atoms with E-state index in [1.807, 2.05) is 12.1 Å². The SMILES string of the molecule is CC(C)(CCCCl)CNc1ccc2nnnn2n1. The number of hydrogen-bond acceptors (Lipinski definition) is 5. The lowest BCUT2D eigenvalue weighted by molar-refractivity contribution is 0.355. The van der Waals surface area contributed by atoms with Crippen LogP contribution in [0.5, 0.6) is 0 Å². The molecule has 0 spiro atoms. The van der Waals surface area contributed by atoms with Gasteiger partial charge < -0.3 is 5.32 Å². The fourth-order valence-electron chi connectivity index (χ4n) is 1.71. The van der Waals surface area contributed by atoms with E-state index < -0.39 is 0 Å². The van der Waals surface area contributed by atoms with Crippen molar-refractivity contribution in [3.8, 4) is 0 Å². The molecule has 0 aliphatic heterocycles. The highest BCUT2D eigenvalue weighted by Gasteiger charge is 2.17. The quantitative estimate of drug-likeness (QED) is 0.812. The lowest BCUT2D eigenvalue weighted by Crippen LogP contribution is -2.23. The Kier molecular flexibility index (Phi) is 3.96. The number of aromatic nitrogens is 5. The molecule has 0 saturated carbocycles. The Morgan fingerprint density at radius 3 is 3.00 bits per heavy atom. The first kappa shape index (κ1) is 13.0. The Bertz CT molecular complexity index is 509. The first-order chi connectivity index (χ1) is 8.61. The van der Waals surface area contributed by atoms with Gasteiger partial charge in [-0.3, -0.25) is 0 Å². The Labute approximate surface area is 111 Å². The molecule has 7 heteroatoms. The maximum atomic E-state index is 5.72. The number of hydrogen-bond donors (Lipinski definition) is 1. The molecule has 0 saturated heterocycles. The van der Waals surface area contributed by atoms with E-state index in [4.69, 9.17) is 11.6 Å². The lowest BCUT2D eigenvalue weighted by atomic mass is 9.88. The smallest absolute Gasteiger partial charge is 0.200 e. The lowest BCUT2D eigenvalue weighted by Gasteiger charge is -2.24. The molecule has 0 aliphatic carbocycles. The van der Waals surface area contributed by atoms with Crippen LogP contribution in [0, 0.1) is 5.41 Å². The zero-order valence-corrected chi connectivity index (χ0v) is 11.4. The highest BCUT2D eigenvalue weighted by molar-refractivity contribution is 6.17. The van der Waals surface area contributed by atoms with Crippen molar-refractivity contribution in [3.05, 3.63) is 12.1 Å². The molecule has 98 valence electrons. The number of nitrogens with zero attached hydrogens (tertiary/aromatic N) is 5. The molecule has 0 amide bonds. The molecule has 1 N–H and O–H groups in total. The zero-order valence-electron chi connectivity index (χ0n) is 10.6. The van der Waals surface area contributed by atoms with Gasteiger partial charge in [0.05, 0.1) is 0 Å². The molecule has 2 aromatic heterocycles. The minimum Gasteiger partial charge on any atom is -0.368 e. The van der Waals surface area contributed by atoms with Crippen molar-refractivity contribution in [2.75, 3.05) is 17.7 Å². The molecule has 18 heavy (non-hydrogen) atoms. The summed E-state index contributed by atoms with van der Waals surface area (Å²) in [5, 5.41) is 18.7. The third-order valence-electron chi connectivity index (χ3n) is 2.80. The molecular weight excluding hydrogens is 252 g/mol. The summed E-state index contributed by atoms with van der Waals surface area (Å²) >= 11 is 5.72. The first-order valence-electron chi connectivity index (χ1n) is 5.96. The zero-order chi connectivity index (χ0) is 13.0. The summed E-state index contributed by atoms with van der Waals surface area (Å²) in [5.74, 6) is 1.48. The molecule has 0 bridgehead atoms. The molecule has 0 fully saturated rings. The van der Waals surface area contributed by atoms with Gasteiger partial charge in [-0.05, 0) is 40.8 Å². The van der Waals surface area contributed by atoms with E-state index in [-0.39, 0.29) is 5.41 Å². The average molecular weight is 269 g/mol. The van der Waals surface area contributed by atoms with Crippen LogP contribution in [0.1, 0.15) is 26.7 Å². The van der Waals surface area contributed by atoms with E-state index in [2.05, 4.69) is 39.8 Å². The van der Waals surface area contributed by atoms with Crippen molar-refractivity contribution in [1.82, 2.24) is 25.3 Å². The number of rotatable bonds is 6. The van der Waals surface area contributed by atoms with E-state index in [0.717, 1.165) is 25.2 Å². The highest BCUT2D eigenvalue weighted by atomic mass is 35.5. The maximum Gasteiger partial charge on any atom is 0.200 e. The van der Waals surface area contributed by atoms with Gasteiger partial charge in [-0.25, -0.2) is 0 Å². The van der Waals surface area contributed by atoms with E-state index in [1.165, 1.54) is 4.63 Å². The Hall–Kier alpha value is -1.43. The van der Waals surface area contributed by atoms with E-state index in [9.17, 15) is 0 Å². The number of halogens is 1. The fourth-order valence-corrected chi connectivity index (χ4v) is 1.84. The highest BCUT2D eigenvalue weighted by Crippen LogP contribution is 2.22. The minimum atomic E-state index is 0.187. The van der Waals surface area contributed by atoms with Gasteiger partial charge in [0, 0.05) is 12.4 Å². The largest absolute Gasteiger partial charge is 0.368 e. The van der Waals surface area contributed by atoms with Crippen LogP contribution in [-0.4, -0.2) is 37.7 Å². The Balaban J connectivity index is 1.96. The van der Waals surface area contributed by atoms with Crippen LogP contribution in [-0.2, 0) is 0 Å². The summed E-state index contributed by atoms with van der Waals surface area (Å²) < 4.78 is 1.41. The maximum absolute atomic E-state index is 5.72. The van der Waals surface area contributed by atoms with E-state index in [1.54, 1.807) is 0 Å². The van der Waals surface area contributed by atoms with Gasteiger partial charge in [-0.15, -0.1) is 26.4 Å². The molecular formula is C11H17ClN6. The predicted octanol–water partition coefficient (Wildman–Crippen LogP) is 1.98. The van der Waals surface area contributed by atoms with Crippen molar-refractivity contribution in [2.24, 2.45) is 5.41 Å². The molecule has 2 aromatic rings. The number of fused-ring (bicyclic) bond motifs is 1. The van der Waals surface area contributed by atoms with Crippen molar-refractivity contribution in [3.63, 3.8) is 0 Å². The van der Waals surface area contributed by atoms with Crippen molar-refractivity contribution < 1.29 is 0 Å². The first-order valence-corrected chi connectivity index (χ1v) is 6.49. The van der Waals surface area contributed by atoms with Gasteiger partial charge in [-0.1, -0.05) is 13.8 Å². The molecule has 0 atom stereocenters. The predicted molar refractivity (Wildman–Crippen MR) is 70.8 cm³/mol. The van der Waals surface area contributed by atoms with Crippen molar-refractivity contribution in [1.29, 1.82) is 0 Å². The number of nitrogens with one attached hydrogen (secondary N) is 1. The second-order valence-electron chi connectivity index (χ2n) is 5.06. The third-order valence-corrected chi connectivity index (χ3v) is 3.07. The second-order valence-corrected chi connectivity index (χ2v) is 5.43. The van der Waals surface area contributed by atoms with Gasteiger partial charge in [0.15, 0.2) is 5.65 Å².